The van der Waals surface area contributed by atoms with Crippen molar-refractivity contribution in [1.82, 2.24) is 0 Å². The van der Waals surface area contributed by atoms with Crippen molar-refractivity contribution in [3.05, 3.63) is 59.7 Å². The lowest BCUT2D eigenvalue weighted by Gasteiger charge is -2.08. The minimum atomic E-state index is -0.583. The standard InChI is InChI=1S/C23H24N2O6/c1-15(26)17-6-10-19(11-7-17)24-21(28)4-3-5-23(30)31-14-22(29)25-20-12-8-18(9-13-20)16(2)27/h6-13H,3-5,14H2,1-2H3,(H,24,28)(H,25,29). The van der Waals surface area contributed by atoms with E-state index in [1.165, 1.54) is 13.8 Å². The van der Waals surface area contributed by atoms with Crippen LogP contribution in [0.25, 0.3) is 0 Å². The summed E-state index contributed by atoms with van der Waals surface area (Å²) >= 11 is 0. The minimum absolute atomic E-state index is 0.00270. The molecule has 0 aliphatic carbocycles. The Morgan fingerprint density at radius 2 is 1.13 bits per heavy atom. The van der Waals surface area contributed by atoms with Crippen molar-refractivity contribution in [1.29, 1.82) is 0 Å². The van der Waals surface area contributed by atoms with Crippen molar-refractivity contribution < 1.29 is 28.7 Å². The summed E-state index contributed by atoms with van der Waals surface area (Å²) in [4.78, 5) is 58.0. The van der Waals surface area contributed by atoms with E-state index in [2.05, 4.69) is 10.6 Å². The molecule has 0 fully saturated rings. The van der Waals surface area contributed by atoms with Gasteiger partial charge in [0.15, 0.2) is 18.2 Å². The van der Waals surface area contributed by atoms with Crippen LogP contribution in [0.2, 0.25) is 0 Å². The Labute approximate surface area is 180 Å². The summed E-state index contributed by atoms with van der Waals surface area (Å²) in [7, 11) is 0. The fraction of sp³-hybridized carbons (Fsp3) is 0.261. The molecule has 2 aromatic carbocycles. The summed E-state index contributed by atoms with van der Waals surface area (Å²) in [6.07, 6.45) is 0.375. The number of ether oxygens (including phenoxy) is 1. The molecular weight excluding hydrogens is 400 g/mol. The van der Waals surface area contributed by atoms with Gasteiger partial charge in [-0.05, 0) is 68.8 Å². The van der Waals surface area contributed by atoms with Gasteiger partial charge in [0.2, 0.25) is 5.91 Å². The molecule has 0 aliphatic rings. The molecule has 31 heavy (non-hydrogen) atoms. The van der Waals surface area contributed by atoms with Crippen LogP contribution in [0.15, 0.2) is 48.5 Å². The van der Waals surface area contributed by atoms with E-state index in [-0.39, 0.29) is 36.7 Å². The van der Waals surface area contributed by atoms with Gasteiger partial charge in [-0.3, -0.25) is 24.0 Å². The maximum Gasteiger partial charge on any atom is 0.306 e. The quantitative estimate of drug-likeness (QED) is 0.446. The third kappa shape index (κ3) is 8.22. The van der Waals surface area contributed by atoms with Gasteiger partial charge in [0.25, 0.3) is 5.91 Å². The maximum atomic E-state index is 11.9. The number of amides is 2. The number of esters is 1. The van der Waals surface area contributed by atoms with E-state index in [0.29, 0.717) is 22.5 Å². The van der Waals surface area contributed by atoms with Crippen molar-refractivity contribution >= 4 is 40.7 Å². The summed E-state index contributed by atoms with van der Waals surface area (Å²) in [5, 5.41) is 5.25. The normalized spacial score (nSPS) is 10.1. The van der Waals surface area contributed by atoms with Crippen LogP contribution in [0.1, 0.15) is 53.8 Å². The lowest BCUT2D eigenvalue weighted by Crippen LogP contribution is -2.21. The molecule has 2 aromatic rings. The largest absolute Gasteiger partial charge is 0.456 e. The zero-order chi connectivity index (χ0) is 22.8. The third-order valence-corrected chi connectivity index (χ3v) is 4.30. The minimum Gasteiger partial charge on any atom is -0.456 e. The second-order valence-electron chi connectivity index (χ2n) is 6.88. The first-order valence-corrected chi connectivity index (χ1v) is 9.72. The fourth-order valence-corrected chi connectivity index (χ4v) is 2.61. The second-order valence-corrected chi connectivity index (χ2v) is 6.88. The van der Waals surface area contributed by atoms with Gasteiger partial charge in [-0.15, -0.1) is 0 Å². The molecule has 2 N–H and O–H groups in total. The molecule has 0 bridgehead atoms. The van der Waals surface area contributed by atoms with Crippen LogP contribution in [-0.4, -0.2) is 36.0 Å². The molecule has 0 radical (unpaired) electrons. The SMILES string of the molecule is CC(=O)c1ccc(NC(=O)CCCC(=O)OCC(=O)Nc2ccc(C(C)=O)cc2)cc1. The van der Waals surface area contributed by atoms with Gasteiger partial charge in [-0.2, -0.15) is 0 Å². The Morgan fingerprint density at radius 3 is 1.58 bits per heavy atom. The van der Waals surface area contributed by atoms with Gasteiger partial charge in [0, 0.05) is 35.3 Å². The molecule has 8 heteroatoms. The molecule has 8 nitrogen and oxygen atoms in total. The van der Waals surface area contributed by atoms with Crippen molar-refractivity contribution in [3.8, 4) is 0 Å². The Morgan fingerprint density at radius 1 is 0.677 bits per heavy atom. The lowest BCUT2D eigenvalue weighted by atomic mass is 10.1. The predicted molar refractivity (Wildman–Crippen MR) is 115 cm³/mol. The Kier molecular flexibility index (Phi) is 8.63. The molecule has 0 aromatic heterocycles. The second kappa shape index (κ2) is 11.4. The molecule has 0 unspecified atom stereocenters. The number of ketones is 2. The highest BCUT2D eigenvalue weighted by molar-refractivity contribution is 5.97. The highest BCUT2D eigenvalue weighted by Gasteiger charge is 2.10. The number of carbonyl (C=O) groups excluding carboxylic acids is 5. The van der Waals surface area contributed by atoms with E-state index >= 15 is 0 Å². The summed E-state index contributed by atoms with van der Waals surface area (Å²) in [6, 6.07) is 12.9. The van der Waals surface area contributed by atoms with Crippen molar-refractivity contribution in [2.24, 2.45) is 0 Å². The number of nitrogens with one attached hydrogen (secondary N) is 2. The van der Waals surface area contributed by atoms with Crippen molar-refractivity contribution in [2.45, 2.75) is 33.1 Å². The summed E-state index contributed by atoms with van der Waals surface area (Å²) in [5.74, 6) is -1.49. The molecular formula is C23H24N2O6. The van der Waals surface area contributed by atoms with Gasteiger partial charge < -0.3 is 15.4 Å². The van der Waals surface area contributed by atoms with Gasteiger partial charge in [0.05, 0.1) is 0 Å². The monoisotopic (exact) mass is 424 g/mol. The van der Waals surface area contributed by atoms with E-state index in [9.17, 15) is 24.0 Å². The zero-order valence-corrected chi connectivity index (χ0v) is 17.4. The van der Waals surface area contributed by atoms with Crippen LogP contribution in [0, 0.1) is 0 Å². The van der Waals surface area contributed by atoms with E-state index in [4.69, 9.17) is 4.74 Å². The smallest absolute Gasteiger partial charge is 0.306 e. The van der Waals surface area contributed by atoms with Gasteiger partial charge in [-0.1, -0.05) is 0 Å². The van der Waals surface area contributed by atoms with E-state index in [0.717, 1.165) is 0 Å². The Bertz CT molecular complexity index is 965. The zero-order valence-electron chi connectivity index (χ0n) is 17.4. The average molecular weight is 424 g/mol. The van der Waals surface area contributed by atoms with E-state index in [1.54, 1.807) is 48.5 Å². The van der Waals surface area contributed by atoms with Crippen LogP contribution >= 0.6 is 0 Å². The molecule has 0 saturated carbocycles. The number of hydrogen-bond donors (Lipinski definition) is 2. The van der Waals surface area contributed by atoms with Gasteiger partial charge >= 0.3 is 5.97 Å². The number of benzene rings is 2. The van der Waals surface area contributed by atoms with E-state index in [1.807, 2.05) is 0 Å². The topological polar surface area (TPSA) is 119 Å². The first-order chi connectivity index (χ1) is 14.7. The maximum absolute atomic E-state index is 11.9. The average Bonchev–Trinajstić information content (AvgIpc) is 2.73. The number of hydrogen-bond acceptors (Lipinski definition) is 6. The summed E-state index contributed by atoms with van der Waals surface area (Å²) in [5.41, 5.74) is 2.13. The molecule has 0 heterocycles. The van der Waals surface area contributed by atoms with Crippen molar-refractivity contribution in [3.63, 3.8) is 0 Å². The third-order valence-electron chi connectivity index (χ3n) is 4.30. The van der Waals surface area contributed by atoms with Crippen molar-refractivity contribution in [2.75, 3.05) is 17.2 Å². The van der Waals surface area contributed by atoms with Crippen LogP contribution in [0.4, 0.5) is 11.4 Å². The first-order valence-electron chi connectivity index (χ1n) is 9.72. The number of rotatable bonds is 10. The molecule has 0 spiro atoms. The summed E-state index contributed by atoms with van der Waals surface area (Å²) in [6.45, 7) is 2.47. The van der Waals surface area contributed by atoms with Crippen LogP contribution in [-0.2, 0) is 19.1 Å². The molecule has 0 atom stereocenters. The number of Topliss-reactive ketones (excluding diaryl/α,β-unsaturated/α-hetero) is 2. The highest BCUT2D eigenvalue weighted by Crippen LogP contribution is 2.12. The summed E-state index contributed by atoms with van der Waals surface area (Å²) < 4.78 is 4.90. The van der Waals surface area contributed by atoms with Gasteiger partial charge in [0.1, 0.15) is 0 Å². The van der Waals surface area contributed by atoms with Crippen LogP contribution < -0.4 is 10.6 Å². The first kappa shape index (κ1) is 23.5. The van der Waals surface area contributed by atoms with Crippen LogP contribution in [0.3, 0.4) is 0 Å². The molecule has 162 valence electrons. The van der Waals surface area contributed by atoms with Gasteiger partial charge in [-0.25, -0.2) is 0 Å². The molecule has 0 aliphatic heterocycles. The molecule has 2 amide bonds. The Balaban J connectivity index is 1.64. The number of anilines is 2. The predicted octanol–water partition coefficient (Wildman–Crippen LogP) is 3.38. The fourth-order valence-electron chi connectivity index (χ4n) is 2.61. The highest BCUT2D eigenvalue weighted by atomic mass is 16.5. The lowest BCUT2D eigenvalue weighted by molar-refractivity contribution is -0.147. The molecule has 2 rings (SSSR count). The van der Waals surface area contributed by atoms with Crippen LogP contribution in [0.5, 0.6) is 0 Å². The molecule has 0 saturated heterocycles. The Hall–Kier alpha value is -3.81. The van der Waals surface area contributed by atoms with E-state index < -0.39 is 18.5 Å². The number of carbonyl (C=O) groups is 5.